The minimum atomic E-state index is -0.438. The number of hydrogen-bond donors (Lipinski definition) is 0. The Hall–Kier alpha value is -1.88. The van der Waals surface area contributed by atoms with Crippen molar-refractivity contribution in [3.8, 4) is 0 Å². The molecule has 5 nitrogen and oxygen atoms in total. The highest BCUT2D eigenvalue weighted by Gasteiger charge is 2.22. The summed E-state index contributed by atoms with van der Waals surface area (Å²) < 4.78 is 15.4. The van der Waals surface area contributed by atoms with Crippen LogP contribution >= 0.6 is 0 Å². The first-order valence-corrected chi connectivity index (χ1v) is 6.75. The van der Waals surface area contributed by atoms with Gasteiger partial charge in [-0.3, -0.25) is 0 Å². The number of carbonyl (C=O) groups is 2. The van der Waals surface area contributed by atoms with Crippen LogP contribution in [0.15, 0.2) is 12.1 Å². The van der Waals surface area contributed by atoms with Crippen LogP contribution in [0.2, 0.25) is 0 Å². The maximum Gasteiger partial charge on any atom is 0.338 e. The summed E-state index contributed by atoms with van der Waals surface area (Å²) in [6.45, 7) is 5.05. The van der Waals surface area contributed by atoms with Gasteiger partial charge in [0.2, 0.25) is 0 Å². The Morgan fingerprint density at radius 2 is 1.85 bits per heavy atom. The fourth-order valence-electron chi connectivity index (χ4n) is 2.24. The normalized spacial score (nSPS) is 13.5. The van der Waals surface area contributed by atoms with Gasteiger partial charge in [0.25, 0.3) is 0 Å². The molecule has 108 valence electrons. The average Bonchev–Trinajstić information content (AvgIpc) is 2.46. The SMILES string of the molecule is CCOC(=O)c1cc2c(c(C(=O)OCC)c1)CCOC2. The molecule has 20 heavy (non-hydrogen) atoms. The second-order valence-electron chi connectivity index (χ2n) is 4.41. The number of esters is 2. The van der Waals surface area contributed by atoms with Gasteiger partial charge >= 0.3 is 11.9 Å². The van der Waals surface area contributed by atoms with Gasteiger partial charge in [-0.2, -0.15) is 0 Å². The maximum atomic E-state index is 12.0. The third-order valence-electron chi connectivity index (χ3n) is 3.10. The number of benzene rings is 1. The van der Waals surface area contributed by atoms with Gasteiger partial charge in [-0.05, 0) is 43.5 Å². The van der Waals surface area contributed by atoms with Crippen molar-refractivity contribution in [1.82, 2.24) is 0 Å². The highest BCUT2D eigenvalue weighted by atomic mass is 16.5. The predicted octanol–water partition coefficient (Wildman–Crippen LogP) is 2.11. The first-order chi connectivity index (χ1) is 9.67. The second-order valence-corrected chi connectivity index (χ2v) is 4.41. The van der Waals surface area contributed by atoms with Crippen molar-refractivity contribution in [2.24, 2.45) is 0 Å². The van der Waals surface area contributed by atoms with Gasteiger partial charge in [-0.1, -0.05) is 0 Å². The quantitative estimate of drug-likeness (QED) is 0.789. The minimum Gasteiger partial charge on any atom is -0.462 e. The van der Waals surface area contributed by atoms with Crippen LogP contribution in [0.3, 0.4) is 0 Å². The summed E-state index contributed by atoms with van der Waals surface area (Å²) in [5.74, 6) is -0.844. The van der Waals surface area contributed by atoms with Crippen molar-refractivity contribution in [2.75, 3.05) is 19.8 Å². The van der Waals surface area contributed by atoms with Crippen molar-refractivity contribution in [1.29, 1.82) is 0 Å². The summed E-state index contributed by atoms with van der Waals surface area (Å²) in [5, 5.41) is 0. The molecule has 0 fully saturated rings. The molecule has 0 atom stereocenters. The Balaban J connectivity index is 2.44. The molecular formula is C15H18O5. The van der Waals surface area contributed by atoms with Crippen molar-refractivity contribution in [3.05, 3.63) is 34.4 Å². The Bertz CT molecular complexity index is 521. The number of ether oxygens (including phenoxy) is 3. The second kappa shape index (κ2) is 6.52. The lowest BCUT2D eigenvalue weighted by atomic mass is 9.94. The van der Waals surface area contributed by atoms with Gasteiger partial charge < -0.3 is 14.2 Å². The largest absolute Gasteiger partial charge is 0.462 e. The molecule has 0 aliphatic carbocycles. The molecule has 0 bridgehead atoms. The molecule has 0 aromatic heterocycles. The van der Waals surface area contributed by atoms with E-state index >= 15 is 0 Å². The molecule has 5 heteroatoms. The van der Waals surface area contributed by atoms with Crippen LogP contribution in [0.1, 0.15) is 45.7 Å². The van der Waals surface area contributed by atoms with Crippen LogP contribution in [-0.4, -0.2) is 31.8 Å². The number of hydrogen-bond acceptors (Lipinski definition) is 5. The van der Waals surface area contributed by atoms with Crippen LogP contribution in [0.4, 0.5) is 0 Å². The highest BCUT2D eigenvalue weighted by molar-refractivity contribution is 5.97. The molecule has 0 spiro atoms. The fourth-order valence-corrected chi connectivity index (χ4v) is 2.24. The topological polar surface area (TPSA) is 61.8 Å². The van der Waals surface area contributed by atoms with Crippen molar-refractivity contribution < 1.29 is 23.8 Å². The Morgan fingerprint density at radius 1 is 1.15 bits per heavy atom. The number of rotatable bonds is 4. The Labute approximate surface area is 117 Å². The fraction of sp³-hybridized carbons (Fsp3) is 0.467. The predicted molar refractivity (Wildman–Crippen MR) is 71.7 cm³/mol. The molecule has 0 amide bonds. The third kappa shape index (κ3) is 2.99. The average molecular weight is 278 g/mol. The maximum absolute atomic E-state index is 12.0. The Kier molecular flexibility index (Phi) is 4.74. The zero-order valence-corrected chi connectivity index (χ0v) is 11.7. The molecule has 0 unspecified atom stereocenters. The Morgan fingerprint density at radius 3 is 2.55 bits per heavy atom. The monoisotopic (exact) mass is 278 g/mol. The zero-order chi connectivity index (χ0) is 14.5. The standard InChI is InChI=1S/C15H18O5/c1-3-19-14(16)10-7-11-9-18-6-5-12(11)13(8-10)15(17)20-4-2/h7-8H,3-6,9H2,1-2H3. The summed E-state index contributed by atoms with van der Waals surface area (Å²) >= 11 is 0. The molecule has 1 aromatic rings. The summed E-state index contributed by atoms with van der Waals surface area (Å²) in [6.07, 6.45) is 0.645. The smallest absolute Gasteiger partial charge is 0.338 e. The number of fused-ring (bicyclic) bond motifs is 1. The molecular weight excluding hydrogens is 260 g/mol. The minimum absolute atomic E-state index is 0.293. The molecule has 1 heterocycles. The molecule has 0 saturated heterocycles. The van der Waals surface area contributed by atoms with Crippen molar-refractivity contribution >= 4 is 11.9 Å². The van der Waals surface area contributed by atoms with Gasteiger partial charge in [0, 0.05) is 0 Å². The van der Waals surface area contributed by atoms with Gasteiger partial charge in [-0.25, -0.2) is 9.59 Å². The third-order valence-corrected chi connectivity index (χ3v) is 3.10. The van der Waals surface area contributed by atoms with Crippen molar-refractivity contribution in [3.63, 3.8) is 0 Å². The molecule has 0 radical (unpaired) electrons. The number of carbonyl (C=O) groups excluding carboxylic acids is 2. The van der Waals surface area contributed by atoms with E-state index in [1.165, 1.54) is 0 Å². The molecule has 1 aromatic carbocycles. The molecule has 2 rings (SSSR count). The van der Waals surface area contributed by atoms with Crippen LogP contribution in [0.25, 0.3) is 0 Å². The molecule has 0 saturated carbocycles. The first kappa shape index (κ1) is 14.5. The van der Waals surface area contributed by atoms with E-state index in [1.807, 2.05) is 0 Å². The van der Waals surface area contributed by atoms with E-state index in [-0.39, 0.29) is 0 Å². The summed E-state index contributed by atoms with van der Waals surface area (Å²) in [6, 6.07) is 3.29. The van der Waals surface area contributed by atoms with E-state index in [9.17, 15) is 9.59 Å². The lowest BCUT2D eigenvalue weighted by molar-refractivity contribution is 0.0519. The van der Waals surface area contributed by atoms with E-state index in [1.54, 1.807) is 26.0 Å². The lowest BCUT2D eigenvalue weighted by Crippen LogP contribution is -2.18. The van der Waals surface area contributed by atoms with Crippen molar-refractivity contribution in [2.45, 2.75) is 26.9 Å². The zero-order valence-electron chi connectivity index (χ0n) is 11.7. The molecule has 1 aliphatic rings. The van der Waals surface area contributed by atoms with Crippen LogP contribution < -0.4 is 0 Å². The highest BCUT2D eigenvalue weighted by Crippen LogP contribution is 2.24. The summed E-state index contributed by atoms with van der Waals surface area (Å²) in [5.41, 5.74) is 2.56. The summed E-state index contributed by atoms with van der Waals surface area (Å²) in [7, 11) is 0. The van der Waals surface area contributed by atoms with E-state index in [0.717, 1.165) is 11.1 Å². The van der Waals surface area contributed by atoms with Gasteiger partial charge in [0.05, 0.1) is 37.6 Å². The van der Waals surface area contributed by atoms with Crippen LogP contribution in [-0.2, 0) is 27.2 Å². The van der Waals surface area contributed by atoms with E-state index in [4.69, 9.17) is 14.2 Å². The van der Waals surface area contributed by atoms with E-state index in [2.05, 4.69) is 0 Å². The van der Waals surface area contributed by atoms with Gasteiger partial charge in [0.15, 0.2) is 0 Å². The van der Waals surface area contributed by atoms with Crippen LogP contribution in [0, 0.1) is 0 Å². The van der Waals surface area contributed by atoms with Gasteiger partial charge in [0.1, 0.15) is 0 Å². The van der Waals surface area contributed by atoms with E-state index in [0.29, 0.717) is 44.0 Å². The molecule has 1 aliphatic heterocycles. The summed E-state index contributed by atoms with van der Waals surface area (Å²) in [4.78, 5) is 23.9. The first-order valence-electron chi connectivity index (χ1n) is 6.75. The van der Waals surface area contributed by atoms with Gasteiger partial charge in [-0.15, -0.1) is 0 Å². The van der Waals surface area contributed by atoms with E-state index < -0.39 is 11.9 Å². The lowest BCUT2D eigenvalue weighted by Gasteiger charge is -2.20. The van der Waals surface area contributed by atoms with Crippen LogP contribution in [0.5, 0.6) is 0 Å². The molecule has 0 N–H and O–H groups in total.